The quantitative estimate of drug-likeness (QED) is 0.577. The standard InChI is InChI=1S/C24H25ClN2O2/c25-17-2-4-22-19(8-17)18-7-14(1-3-21(18)27-22)23(28)26-12-20-15-5-13-6-16(20)11-24(29,9-13)10-15/h1-4,7-8,13,15-16,20,27,29H,5-6,9-12H2,(H,26,28). The van der Waals surface area contributed by atoms with E-state index in [0.717, 1.165) is 41.1 Å². The van der Waals surface area contributed by atoms with E-state index in [9.17, 15) is 9.90 Å². The van der Waals surface area contributed by atoms with E-state index < -0.39 is 5.60 Å². The van der Waals surface area contributed by atoms with Crippen LogP contribution in [0, 0.1) is 23.7 Å². The molecule has 2 unspecified atom stereocenters. The fourth-order valence-electron chi connectivity index (χ4n) is 6.74. The molecule has 4 saturated carbocycles. The van der Waals surface area contributed by atoms with Crippen molar-refractivity contribution < 1.29 is 9.90 Å². The number of nitrogens with one attached hydrogen (secondary N) is 2. The van der Waals surface area contributed by atoms with Crippen molar-refractivity contribution in [2.24, 2.45) is 23.7 Å². The molecule has 4 nitrogen and oxygen atoms in total. The Morgan fingerprint density at radius 2 is 1.76 bits per heavy atom. The van der Waals surface area contributed by atoms with Gasteiger partial charge in [0.15, 0.2) is 0 Å². The molecule has 4 aliphatic carbocycles. The van der Waals surface area contributed by atoms with Crippen LogP contribution in [-0.2, 0) is 0 Å². The Balaban J connectivity index is 1.22. The SMILES string of the molecule is O=C(NCC1C2CC3CC1CC(O)(C3)C2)c1ccc2[nH]c3ccc(Cl)cc3c2c1. The number of hydrogen-bond acceptors (Lipinski definition) is 2. The van der Waals surface area contributed by atoms with Gasteiger partial charge in [0.25, 0.3) is 5.91 Å². The second-order valence-corrected chi connectivity index (χ2v) is 10.1. The number of amides is 1. The van der Waals surface area contributed by atoms with E-state index in [1.54, 1.807) is 0 Å². The van der Waals surface area contributed by atoms with Gasteiger partial charge in [-0.1, -0.05) is 11.6 Å². The van der Waals surface area contributed by atoms with Crippen molar-refractivity contribution in [2.45, 2.75) is 37.7 Å². The first-order valence-corrected chi connectivity index (χ1v) is 11.1. The van der Waals surface area contributed by atoms with Crippen LogP contribution in [0.25, 0.3) is 21.8 Å². The predicted octanol–water partition coefficient (Wildman–Crippen LogP) is 4.89. The normalized spacial score (nSPS) is 32.9. The van der Waals surface area contributed by atoms with E-state index in [-0.39, 0.29) is 5.91 Å². The molecule has 7 rings (SSSR count). The van der Waals surface area contributed by atoms with Gasteiger partial charge < -0.3 is 15.4 Å². The van der Waals surface area contributed by atoms with Gasteiger partial charge in [0, 0.05) is 38.9 Å². The van der Waals surface area contributed by atoms with E-state index in [1.807, 2.05) is 36.4 Å². The highest BCUT2D eigenvalue weighted by molar-refractivity contribution is 6.31. The summed E-state index contributed by atoms with van der Waals surface area (Å²) in [6.45, 7) is 0.717. The summed E-state index contributed by atoms with van der Waals surface area (Å²) in [5, 5.41) is 16.7. The lowest BCUT2D eigenvalue weighted by molar-refractivity contribution is -0.150. The van der Waals surface area contributed by atoms with Crippen molar-refractivity contribution in [3.8, 4) is 0 Å². The van der Waals surface area contributed by atoms with Crippen LogP contribution in [0.4, 0.5) is 0 Å². The first-order chi connectivity index (χ1) is 14.0. The van der Waals surface area contributed by atoms with Crippen LogP contribution in [0.2, 0.25) is 5.02 Å². The molecule has 1 aromatic heterocycles. The molecule has 1 amide bonds. The van der Waals surface area contributed by atoms with Crippen LogP contribution < -0.4 is 5.32 Å². The van der Waals surface area contributed by atoms with Gasteiger partial charge in [0.05, 0.1) is 5.60 Å². The van der Waals surface area contributed by atoms with E-state index in [0.29, 0.717) is 40.8 Å². The molecule has 4 aliphatic rings. The zero-order valence-electron chi connectivity index (χ0n) is 16.2. The molecule has 0 radical (unpaired) electrons. The largest absolute Gasteiger partial charge is 0.390 e. The smallest absolute Gasteiger partial charge is 0.251 e. The summed E-state index contributed by atoms with van der Waals surface area (Å²) in [5.74, 6) is 2.30. The van der Waals surface area contributed by atoms with Gasteiger partial charge in [0.1, 0.15) is 0 Å². The van der Waals surface area contributed by atoms with E-state index in [4.69, 9.17) is 11.6 Å². The van der Waals surface area contributed by atoms with Gasteiger partial charge in [0.2, 0.25) is 0 Å². The van der Waals surface area contributed by atoms with Crippen molar-refractivity contribution >= 4 is 39.3 Å². The van der Waals surface area contributed by atoms with E-state index >= 15 is 0 Å². The Morgan fingerprint density at radius 1 is 1.07 bits per heavy atom. The molecule has 0 spiro atoms. The number of aromatic nitrogens is 1. The van der Waals surface area contributed by atoms with Crippen molar-refractivity contribution in [3.63, 3.8) is 0 Å². The van der Waals surface area contributed by atoms with Crippen molar-refractivity contribution in [1.82, 2.24) is 10.3 Å². The molecule has 4 bridgehead atoms. The molecule has 4 fully saturated rings. The number of fused-ring (bicyclic) bond motifs is 3. The average molecular weight is 409 g/mol. The Labute approximate surface area is 174 Å². The zero-order valence-corrected chi connectivity index (χ0v) is 17.0. The summed E-state index contributed by atoms with van der Waals surface area (Å²) < 4.78 is 0. The Bertz CT molecular complexity index is 1120. The molecule has 3 N–H and O–H groups in total. The summed E-state index contributed by atoms with van der Waals surface area (Å²) >= 11 is 6.17. The summed E-state index contributed by atoms with van der Waals surface area (Å²) in [4.78, 5) is 16.3. The van der Waals surface area contributed by atoms with Gasteiger partial charge in [-0.3, -0.25) is 4.79 Å². The zero-order chi connectivity index (χ0) is 19.8. The van der Waals surface area contributed by atoms with Crippen molar-refractivity contribution in [1.29, 1.82) is 0 Å². The third-order valence-electron chi connectivity index (χ3n) is 7.76. The van der Waals surface area contributed by atoms with Gasteiger partial charge in [-0.05, 0) is 92.2 Å². The lowest BCUT2D eigenvalue weighted by Gasteiger charge is -2.58. The summed E-state index contributed by atoms with van der Waals surface area (Å²) in [6.07, 6.45) is 5.28. The fourth-order valence-corrected chi connectivity index (χ4v) is 6.92. The minimum atomic E-state index is -0.418. The number of H-pyrrole nitrogens is 1. The first kappa shape index (κ1) is 17.8. The van der Waals surface area contributed by atoms with E-state index in [1.165, 1.54) is 12.8 Å². The molecular formula is C24H25ClN2O2. The Hall–Kier alpha value is -2.04. The van der Waals surface area contributed by atoms with Crippen LogP contribution in [0.3, 0.4) is 0 Å². The van der Waals surface area contributed by atoms with Gasteiger partial charge in [-0.2, -0.15) is 0 Å². The molecule has 150 valence electrons. The van der Waals surface area contributed by atoms with Gasteiger partial charge in [-0.15, -0.1) is 0 Å². The molecule has 0 saturated heterocycles. The summed E-state index contributed by atoms with van der Waals surface area (Å²) in [5.41, 5.74) is 2.29. The van der Waals surface area contributed by atoms with Crippen molar-refractivity contribution in [3.05, 3.63) is 47.0 Å². The molecule has 2 aromatic carbocycles. The Kier molecular flexibility index (Phi) is 3.82. The maximum atomic E-state index is 12.9. The van der Waals surface area contributed by atoms with Crippen molar-refractivity contribution in [2.75, 3.05) is 6.54 Å². The Morgan fingerprint density at radius 3 is 2.48 bits per heavy atom. The second kappa shape index (κ2) is 6.23. The van der Waals surface area contributed by atoms with Crippen LogP contribution >= 0.6 is 11.6 Å². The first-order valence-electron chi connectivity index (χ1n) is 10.7. The highest BCUT2D eigenvalue weighted by Gasteiger charge is 2.54. The van der Waals surface area contributed by atoms with Gasteiger partial charge in [-0.25, -0.2) is 0 Å². The topological polar surface area (TPSA) is 65.1 Å². The number of halogens is 1. The third-order valence-corrected chi connectivity index (χ3v) is 7.99. The molecular weight excluding hydrogens is 384 g/mol. The van der Waals surface area contributed by atoms with Crippen LogP contribution in [0.1, 0.15) is 42.5 Å². The second-order valence-electron chi connectivity index (χ2n) is 9.64. The third kappa shape index (κ3) is 2.88. The predicted molar refractivity (Wildman–Crippen MR) is 115 cm³/mol. The van der Waals surface area contributed by atoms with Crippen LogP contribution in [-0.4, -0.2) is 28.1 Å². The average Bonchev–Trinajstić information content (AvgIpc) is 3.03. The molecule has 3 aromatic rings. The maximum Gasteiger partial charge on any atom is 0.251 e. The van der Waals surface area contributed by atoms with Crippen LogP contribution in [0.15, 0.2) is 36.4 Å². The fraction of sp³-hybridized carbons (Fsp3) is 0.458. The molecule has 29 heavy (non-hydrogen) atoms. The number of aromatic amines is 1. The van der Waals surface area contributed by atoms with Crippen LogP contribution in [0.5, 0.6) is 0 Å². The number of rotatable bonds is 3. The van der Waals surface area contributed by atoms with E-state index in [2.05, 4.69) is 10.3 Å². The molecule has 2 atom stereocenters. The lowest BCUT2D eigenvalue weighted by Crippen LogP contribution is -2.56. The highest BCUT2D eigenvalue weighted by Crippen LogP contribution is 2.58. The number of benzene rings is 2. The number of aliphatic hydroxyl groups is 1. The van der Waals surface area contributed by atoms with Gasteiger partial charge >= 0.3 is 0 Å². The highest BCUT2D eigenvalue weighted by atomic mass is 35.5. The minimum absolute atomic E-state index is 0.0178. The monoisotopic (exact) mass is 408 g/mol. The molecule has 5 heteroatoms. The maximum absolute atomic E-state index is 12.9. The number of carbonyl (C=O) groups is 1. The number of carbonyl (C=O) groups excluding carboxylic acids is 1. The summed E-state index contributed by atoms with van der Waals surface area (Å²) in [7, 11) is 0. The summed E-state index contributed by atoms with van der Waals surface area (Å²) in [6, 6.07) is 11.6. The lowest BCUT2D eigenvalue weighted by atomic mass is 9.50. The minimum Gasteiger partial charge on any atom is -0.390 e. The molecule has 1 heterocycles. The molecule has 0 aliphatic heterocycles. The number of hydrogen-bond donors (Lipinski definition) is 3.